The van der Waals surface area contributed by atoms with Crippen molar-refractivity contribution in [3.8, 4) is 0 Å². The zero-order valence-corrected chi connectivity index (χ0v) is 17.0. The van der Waals surface area contributed by atoms with Crippen LogP contribution in [0.15, 0.2) is 76.7 Å². The van der Waals surface area contributed by atoms with Crippen LogP contribution in [0.3, 0.4) is 0 Å². The molecular weight excluding hydrogens is 402 g/mol. The predicted octanol–water partition coefficient (Wildman–Crippen LogP) is 2.62. The van der Waals surface area contributed by atoms with Gasteiger partial charge in [-0.3, -0.25) is 4.79 Å². The Labute approximate surface area is 175 Å². The normalized spacial score (nSPS) is 15.5. The van der Waals surface area contributed by atoms with Gasteiger partial charge in [0.25, 0.3) is 5.91 Å². The van der Waals surface area contributed by atoms with E-state index in [0.717, 1.165) is 16.3 Å². The summed E-state index contributed by atoms with van der Waals surface area (Å²) in [5, 5.41) is 6.15. The van der Waals surface area contributed by atoms with Crippen LogP contribution in [0.5, 0.6) is 0 Å². The van der Waals surface area contributed by atoms with Gasteiger partial charge in [0.15, 0.2) is 0 Å². The SMILES string of the molecule is O=C(N/N=C\c1cccc2ccccc12)c1cccc(S(=O)(=O)N2CCOCC2)c1. The summed E-state index contributed by atoms with van der Waals surface area (Å²) in [4.78, 5) is 12.6. The molecule has 7 nitrogen and oxygen atoms in total. The van der Waals surface area contributed by atoms with Crippen molar-refractivity contribution in [2.24, 2.45) is 5.10 Å². The van der Waals surface area contributed by atoms with Crippen LogP contribution in [0.4, 0.5) is 0 Å². The first-order chi connectivity index (χ1) is 14.6. The maximum atomic E-state index is 12.8. The van der Waals surface area contributed by atoms with E-state index in [4.69, 9.17) is 4.74 Å². The summed E-state index contributed by atoms with van der Waals surface area (Å²) in [6.45, 7) is 1.33. The average molecular weight is 423 g/mol. The molecule has 3 aromatic carbocycles. The van der Waals surface area contributed by atoms with Crippen molar-refractivity contribution in [3.05, 3.63) is 77.9 Å². The molecule has 1 N–H and O–H groups in total. The molecule has 0 aliphatic carbocycles. The molecule has 3 aromatic rings. The molecule has 30 heavy (non-hydrogen) atoms. The molecule has 1 amide bonds. The Bertz CT molecular complexity index is 1200. The summed E-state index contributed by atoms with van der Waals surface area (Å²) < 4.78 is 32.2. The first kappa shape index (κ1) is 20.2. The minimum Gasteiger partial charge on any atom is -0.379 e. The number of benzene rings is 3. The molecule has 1 fully saturated rings. The lowest BCUT2D eigenvalue weighted by Gasteiger charge is -2.26. The minimum absolute atomic E-state index is 0.0788. The lowest BCUT2D eigenvalue weighted by Crippen LogP contribution is -2.40. The van der Waals surface area contributed by atoms with Crippen molar-refractivity contribution in [1.29, 1.82) is 0 Å². The van der Waals surface area contributed by atoms with Gasteiger partial charge in [-0.15, -0.1) is 0 Å². The van der Waals surface area contributed by atoms with Gasteiger partial charge in [0.05, 0.1) is 24.3 Å². The second kappa shape index (κ2) is 8.74. The minimum atomic E-state index is -3.67. The van der Waals surface area contributed by atoms with Gasteiger partial charge < -0.3 is 4.74 Å². The fourth-order valence-electron chi connectivity index (χ4n) is 3.32. The van der Waals surface area contributed by atoms with Gasteiger partial charge >= 0.3 is 0 Å². The third-order valence-electron chi connectivity index (χ3n) is 4.90. The maximum absolute atomic E-state index is 12.8. The molecule has 0 aromatic heterocycles. The number of rotatable bonds is 5. The number of carbonyl (C=O) groups excluding carboxylic acids is 1. The molecule has 0 saturated carbocycles. The van der Waals surface area contributed by atoms with Crippen molar-refractivity contribution in [1.82, 2.24) is 9.73 Å². The zero-order valence-electron chi connectivity index (χ0n) is 16.2. The molecule has 4 rings (SSSR count). The number of amides is 1. The van der Waals surface area contributed by atoms with Crippen molar-refractivity contribution >= 4 is 32.9 Å². The summed E-state index contributed by atoms with van der Waals surface area (Å²) in [5.41, 5.74) is 3.57. The Kier molecular flexibility index (Phi) is 5.89. The Morgan fingerprint density at radius 1 is 1.00 bits per heavy atom. The van der Waals surface area contributed by atoms with E-state index in [9.17, 15) is 13.2 Å². The highest BCUT2D eigenvalue weighted by atomic mass is 32.2. The number of fused-ring (bicyclic) bond motifs is 1. The monoisotopic (exact) mass is 423 g/mol. The number of hydrogen-bond acceptors (Lipinski definition) is 5. The van der Waals surface area contributed by atoms with Crippen LogP contribution >= 0.6 is 0 Å². The van der Waals surface area contributed by atoms with Crippen molar-refractivity contribution in [3.63, 3.8) is 0 Å². The summed E-state index contributed by atoms with van der Waals surface area (Å²) in [5.74, 6) is -0.481. The topological polar surface area (TPSA) is 88.1 Å². The molecule has 1 aliphatic rings. The third kappa shape index (κ3) is 4.25. The number of nitrogens with zero attached hydrogens (tertiary/aromatic N) is 2. The Morgan fingerprint density at radius 3 is 2.57 bits per heavy atom. The number of sulfonamides is 1. The second-order valence-corrected chi connectivity index (χ2v) is 8.75. The van der Waals surface area contributed by atoms with Crippen LogP contribution in [-0.4, -0.2) is 51.1 Å². The maximum Gasteiger partial charge on any atom is 0.271 e. The van der Waals surface area contributed by atoms with Crippen molar-refractivity contribution < 1.29 is 17.9 Å². The van der Waals surface area contributed by atoms with Gasteiger partial charge in [-0.2, -0.15) is 9.41 Å². The van der Waals surface area contributed by atoms with Crippen LogP contribution in [0.25, 0.3) is 10.8 Å². The van der Waals surface area contributed by atoms with Crippen LogP contribution in [-0.2, 0) is 14.8 Å². The highest BCUT2D eigenvalue weighted by Gasteiger charge is 2.26. The molecule has 1 aliphatic heterocycles. The molecule has 1 saturated heterocycles. The quantitative estimate of drug-likeness (QED) is 0.505. The van der Waals surface area contributed by atoms with Gasteiger partial charge in [-0.25, -0.2) is 13.8 Å². The molecule has 0 bridgehead atoms. The van der Waals surface area contributed by atoms with Gasteiger partial charge in [-0.05, 0) is 29.0 Å². The van der Waals surface area contributed by atoms with E-state index in [-0.39, 0.29) is 10.5 Å². The van der Waals surface area contributed by atoms with Crippen molar-refractivity contribution in [2.75, 3.05) is 26.3 Å². The summed E-state index contributed by atoms with van der Waals surface area (Å²) in [7, 11) is -3.67. The number of carbonyl (C=O) groups is 1. The molecule has 1 heterocycles. The second-order valence-electron chi connectivity index (χ2n) is 6.81. The summed E-state index contributed by atoms with van der Waals surface area (Å²) in [6.07, 6.45) is 1.58. The number of hydrogen-bond donors (Lipinski definition) is 1. The van der Waals surface area contributed by atoms with Crippen LogP contribution in [0, 0.1) is 0 Å². The summed E-state index contributed by atoms with van der Waals surface area (Å²) in [6, 6.07) is 19.7. The van der Waals surface area contributed by atoms with E-state index in [1.54, 1.807) is 18.3 Å². The van der Waals surface area contributed by atoms with Gasteiger partial charge in [0.2, 0.25) is 10.0 Å². The Hall–Kier alpha value is -3.07. The first-order valence-corrected chi connectivity index (χ1v) is 11.0. The van der Waals surface area contributed by atoms with Gasteiger partial charge in [-0.1, -0.05) is 48.5 Å². The first-order valence-electron chi connectivity index (χ1n) is 9.55. The van der Waals surface area contributed by atoms with Gasteiger partial charge in [0.1, 0.15) is 0 Å². The van der Waals surface area contributed by atoms with Crippen LogP contribution in [0.2, 0.25) is 0 Å². The van der Waals surface area contributed by atoms with E-state index in [0.29, 0.717) is 26.3 Å². The lowest BCUT2D eigenvalue weighted by atomic mass is 10.1. The Morgan fingerprint density at radius 2 is 1.73 bits per heavy atom. The molecule has 0 unspecified atom stereocenters. The van der Waals surface area contributed by atoms with Crippen LogP contribution < -0.4 is 5.43 Å². The molecular formula is C22H21N3O4S. The third-order valence-corrected chi connectivity index (χ3v) is 6.79. The molecule has 0 atom stereocenters. The molecule has 0 radical (unpaired) electrons. The fraction of sp³-hybridized carbons (Fsp3) is 0.182. The van der Waals surface area contributed by atoms with Crippen molar-refractivity contribution in [2.45, 2.75) is 4.90 Å². The number of nitrogens with one attached hydrogen (secondary N) is 1. The lowest BCUT2D eigenvalue weighted by molar-refractivity contribution is 0.0730. The van der Waals surface area contributed by atoms with E-state index in [2.05, 4.69) is 10.5 Å². The van der Waals surface area contributed by atoms with E-state index >= 15 is 0 Å². The standard InChI is InChI=1S/C22H21N3O4S/c26-22(24-23-16-19-8-3-6-17-5-1-2-10-21(17)19)18-7-4-9-20(15-18)30(27,28)25-11-13-29-14-12-25/h1-10,15-16H,11-14H2,(H,24,26)/b23-16-. The van der Waals surface area contributed by atoms with E-state index in [1.165, 1.54) is 16.4 Å². The van der Waals surface area contributed by atoms with Crippen LogP contribution in [0.1, 0.15) is 15.9 Å². The zero-order chi connectivity index (χ0) is 21.0. The number of hydrazone groups is 1. The smallest absolute Gasteiger partial charge is 0.271 e. The van der Waals surface area contributed by atoms with Gasteiger partial charge in [0, 0.05) is 24.2 Å². The predicted molar refractivity (Wildman–Crippen MR) is 115 cm³/mol. The molecule has 0 spiro atoms. The number of ether oxygens (including phenoxy) is 1. The highest BCUT2D eigenvalue weighted by molar-refractivity contribution is 7.89. The molecule has 154 valence electrons. The average Bonchev–Trinajstić information content (AvgIpc) is 2.80. The van der Waals surface area contributed by atoms with E-state index < -0.39 is 15.9 Å². The Balaban J connectivity index is 1.50. The fourth-order valence-corrected chi connectivity index (χ4v) is 4.78. The summed E-state index contributed by atoms with van der Waals surface area (Å²) >= 11 is 0. The van der Waals surface area contributed by atoms with E-state index in [1.807, 2.05) is 42.5 Å². The highest BCUT2D eigenvalue weighted by Crippen LogP contribution is 2.19. The number of morpholine rings is 1. The molecule has 8 heteroatoms. The largest absolute Gasteiger partial charge is 0.379 e.